The quantitative estimate of drug-likeness (QED) is 0.856. The molecule has 0 spiro atoms. The lowest BCUT2D eigenvalue weighted by Crippen LogP contribution is -2.05. The monoisotopic (exact) mass is 228 g/mol. The Morgan fingerprint density at radius 3 is 2.47 bits per heavy atom. The van der Waals surface area contributed by atoms with Crippen molar-refractivity contribution in [3.63, 3.8) is 0 Å². The molecule has 0 amide bonds. The van der Waals surface area contributed by atoms with Crippen molar-refractivity contribution in [1.29, 1.82) is 0 Å². The molecule has 1 N–H and O–H groups in total. The minimum Gasteiger partial charge on any atom is -0.492 e. The van der Waals surface area contributed by atoms with Crippen LogP contribution in [0.15, 0.2) is 18.2 Å². The minimum atomic E-state index is -0.498. The molecular formula is C12H17ClO2. The molecule has 1 atom stereocenters. The first-order valence-corrected chi connectivity index (χ1v) is 5.48. The van der Waals surface area contributed by atoms with Crippen molar-refractivity contribution in [3.8, 4) is 5.75 Å². The van der Waals surface area contributed by atoms with E-state index in [1.54, 1.807) is 19.1 Å². The standard InChI is InChI=1S/C12H17ClO2/c1-8(2)7-15-12-5-4-10(9(3)14)6-11(12)13/h4-6,8-9,14H,7H2,1-3H3/t9-/m1/s1. The van der Waals surface area contributed by atoms with Gasteiger partial charge in [0.05, 0.1) is 17.7 Å². The molecule has 0 bridgehead atoms. The first-order chi connectivity index (χ1) is 7.00. The number of aliphatic hydroxyl groups is 1. The fourth-order valence-electron chi connectivity index (χ4n) is 1.15. The summed E-state index contributed by atoms with van der Waals surface area (Å²) in [5, 5.41) is 9.91. The molecule has 0 saturated heterocycles. The lowest BCUT2D eigenvalue weighted by Gasteiger charge is -2.12. The molecule has 15 heavy (non-hydrogen) atoms. The van der Waals surface area contributed by atoms with Gasteiger partial charge in [0.1, 0.15) is 5.75 Å². The van der Waals surface area contributed by atoms with E-state index in [1.807, 2.05) is 6.07 Å². The van der Waals surface area contributed by atoms with Crippen molar-refractivity contribution in [2.75, 3.05) is 6.61 Å². The van der Waals surface area contributed by atoms with Crippen molar-refractivity contribution >= 4 is 11.6 Å². The average Bonchev–Trinajstić information content (AvgIpc) is 2.15. The number of halogens is 1. The maximum atomic E-state index is 9.36. The Balaban J connectivity index is 2.75. The largest absolute Gasteiger partial charge is 0.492 e. The molecule has 0 aliphatic carbocycles. The fourth-order valence-corrected chi connectivity index (χ4v) is 1.39. The third-order valence-electron chi connectivity index (χ3n) is 2.01. The Hall–Kier alpha value is -0.730. The summed E-state index contributed by atoms with van der Waals surface area (Å²) >= 11 is 6.02. The Kier molecular flexibility index (Phi) is 4.43. The summed E-state index contributed by atoms with van der Waals surface area (Å²) in [7, 11) is 0. The molecule has 0 aliphatic rings. The molecule has 0 saturated carbocycles. The Bertz CT molecular complexity index is 321. The number of ether oxygens (including phenoxy) is 1. The molecule has 1 aromatic carbocycles. The van der Waals surface area contributed by atoms with E-state index in [0.29, 0.717) is 23.3 Å². The number of benzene rings is 1. The topological polar surface area (TPSA) is 29.5 Å². The lowest BCUT2D eigenvalue weighted by molar-refractivity contribution is 0.199. The summed E-state index contributed by atoms with van der Waals surface area (Å²) in [6, 6.07) is 5.36. The molecule has 3 heteroatoms. The molecule has 0 radical (unpaired) electrons. The van der Waals surface area contributed by atoms with Gasteiger partial charge in [0.2, 0.25) is 0 Å². The van der Waals surface area contributed by atoms with E-state index >= 15 is 0 Å². The Labute approximate surface area is 95.8 Å². The van der Waals surface area contributed by atoms with Crippen LogP contribution < -0.4 is 4.74 Å². The normalized spacial score (nSPS) is 12.9. The van der Waals surface area contributed by atoms with Crippen LogP contribution in [0.4, 0.5) is 0 Å². The predicted octanol–water partition coefficient (Wildman–Crippen LogP) is 3.43. The van der Waals surface area contributed by atoms with Gasteiger partial charge in [-0.2, -0.15) is 0 Å². The van der Waals surface area contributed by atoms with E-state index in [9.17, 15) is 5.11 Å². The summed E-state index contributed by atoms with van der Waals surface area (Å²) in [5.41, 5.74) is 0.803. The van der Waals surface area contributed by atoms with Crippen LogP contribution in [0.5, 0.6) is 5.75 Å². The first-order valence-electron chi connectivity index (χ1n) is 5.11. The van der Waals surface area contributed by atoms with Crippen LogP contribution >= 0.6 is 11.6 Å². The number of rotatable bonds is 4. The van der Waals surface area contributed by atoms with Gasteiger partial charge in [-0.05, 0) is 30.5 Å². The lowest BCUT2D eigenvalue weighted by atomic mass is 10.1. The zero-order chi connectivity index (χ0) is 11.4. The highest BCUT2D eigenvalue weighted by Gasteiger charge is 2.06. The van der Waals surface area contributed by atoms with Crippen LogP contribution in [0.1, 0.15) is 32.4 Å². The summed E-state index contributed by atoms with van der Waals surface area (Å²) in [4.78, 5) is 0. The van der Waals surface area contributed by atoms with E-state index in [2.05, 4.69) is 13.8 Å². The van der Waals surface area contributed by atoms with E-state index < -0.39 is 6.10 Å². The van der Waals surface area contributed by atoms with Gasteiger partial charge in [0.15, 0.2) is 0 Å². The van der Waals surface area contributed by atoms with Gasteiger partial charge in [-0.25, -0.2) is 0 Å². The van der Waals surface area contributed by atoms with E-state index in [-0.39, 0.29) is 0 Å². The van der Waals surface area contributed by atoms with E-state index in [4.69, 9.17) is 16.3 Å². The molecule has 1 rings (SSSR count). The van der Waals surface area contributed by atoms with Gasteiger partial charge in [0, 0.05) is 0 Å². The third kappa shape index (κ3) is 3.73. The van der Waals surface area contributed by atoms with Crippen LogP contribution in [0.25, 0.3) is 0 Å². The average molecular weight is 229 g/mol. The minimum absolute atomic E-state index is 0.470. The smallest absolute Gasteiger partial charge is 0.137 e. The number of hydrogen-bond acceptors (Lipinski definition) is 2. The van der Waals surface area contributed by atoms with Crippen LogP contribution in [0.2, 0.25) is 5.02 Å². The predicted molar refractivity (Wildman–Crippen MR) is 62.4 cm³/mol. The van der Waals surface area contributed by atoms with Gasteiger partial charge in [-0.1, -0.05) is 31.5 Å². The molecule has 84 valence electrons. The zero-order valence-corrected chi connectivity index (χ0v) is 10.1. The maximum Gasteiger partial charge on any atom is 0.137 e. The van der Waals surface area contributed by atoms with Crippen molar-refractivity contribution in [1.82, 2.24) is 0 Å². The number of aliphatic hydroxyl groups excluding tert-OH is 1. The molecule has 0 aromatic heterocycles. The van der Waals surface area contributed by atoms with Crippen LogP contribution in [0, 0.1) is 5.92 Å². The Morgan fingerprint density at radius 1 is 1.33 bits per heavy atom. The summed E-state index contributed by atoms with van der Waals surface area (Å²) < 4.78 is 5.52. The van der Waals surface area contributed by atoms with Gasteiger partial charge < -0.3 is 9.84 Å². The second kappa shape index (κ2) is 5.38. The highest BCUT2D eigenvalue weighted by molar-refractivity contribution is 6.32. The SMILES string of the molecule is CC(C)COc1ccc([C@@H](C)O)cc1Cl. The van der Waals surface area contributed by atoms with E-state index in [1.165, 1.54) is 0 Å². The first kappa shape index (κ1) is 12.3. The molecule has 0 aliphatic heterocycles. The van der Waals surface area contributed by atoms with Crippen molar-refractivity contribution in [2.45, 2.75) is 26.9 Å². The zero-order valence-electron chi connectivity index (χ0n) is 9.33. The molecular weight excluding hydrogens is 212 g/mol. The summed E-state index contributed by atoms with van der Waals surface area (Å²) in [5.74, 6) is 1.15. The van der Waals surface area contributed by atoms with Crippen molar-refractivity contribution in [3.05, 3.63) is 28.8 Å². The van der Waals surface area contributed by atoms with E-state index in [0.717, 1.165) is 5.56 Å². The van der Waals surface area contributed by atoms with Gasteiger partial charge >= 0.3 is 0 Å². The molecule has 1 aromatic rings. The van der Waals surface area contributed by atoms with Crippen LogP contribution in [-0.4, -0.2) is 11.7 Å². The molecule has 2 nitrogen and oxygen atoms in total. The van der Waals surface area contributed by atoms with Crippen LogP contribution in [0.3, 0.4) is 0 Å². The molecule has 0 heterocycles. The summed E-state index contributed by atoms with van der Waals surface area (Å²) in [6.07, 6.45) is -0.498. The molecule has 0 unspecified atom stereocenters. The maximum absolute atomic E-state index is 9.36. The van der Waals surface area contributed by atoms with Crippen molar-refractivity contribution in [2.24, 2.45) is 5.92 Å². The van der Waals surface area contributed by atoms with Gasteiger partial charge in [-0.15, -0.1) is 0 Å². The highest BCUT2D eigenvalue weighted by Crippen LogP contribution is 2.28. The highest BCUT2D eigenvalue weighted by atomic mass is 35.5. The molecule has 0 fully saturated rings. The Morgan fingerprint density at radius 2 is 2.00 bits per heavy atom. The second-order valence-corrected chi connectivity index (χ2v) is 4.48. The van der Waals surface area contributed by atoms with Crippen LogP contribution in [-0.2, 0) is 0 Å². The fraction of sp³-hybridized carbons (Fsp3) is 0.500. The van der Waals surface area contributed by atoms with Crippen molar-refractivity contribution < 1.29 is 9.84 Å². The van der Waals surface area contributed by atoms with Gasteiger partial charge in [0.25, 0.3) is 0 Å². The number of hydrogen-bond donors (Lipinski definition) is 1. The van der Waals surface area contributed by atoms with Gasteiger partial charge in [-0.3, -0.25) is 0 Å². The summed E-state index contributed by atoms with van der Waals surface area (Å²) in [6.45, 7) is 6.52. The second-order valence-electron chi connectivity index (χ2n) is 4.07. The third-order valence-corrected chi connectivity index (χ3v) is 2.31.